The lowest BCUT2D eigenvalue weighted by Crippen LogP contribution is -2.31. The van der Waals surface area contributed by atoms with Crippen LogP contribution in [-0.4, -0.2) is 36.4 Å². The lowest BCUT2D eigenvalue weighted by atomic mass is 10.0. The van der Waals surface area contributed by atoms with E-state index in [9.17, 15) is 9.18 Å². The van der Waals surface area contributed by atoms with Crippen LogP contribution in [0.25, 0.3) is 0 Å². The number of rotatable bonds is 8. The van der Waals surface area contributed by atoms with E-state index in [-0.39, 0.29) is 17.8 Å². The lowest BCUT2D eigenvalue weighted by molar-refractivity contribution is 0.0932. The number of hydrogen-bond acceptors (Lipinski definition) is 4. The number of ether oxygens (including phenoxy) is 1. The predicted molar refractivity (Wildman–Crippen MR) is 111 cm³/mol. The fraction of sp³-hybridized carbons (Fsp3) is 0.217. The number of nitrogens with zero attached hydrogens (tertiary/aromatic N) is 2. The van der Waals surface area contributed by atoms with E-state index in [0.717, 1.165) is 18.5 Å². The maximum Gasteiger partial charge on any atom is 0.251 e. The zero-order valence-corrected chi connectivity index (χ0v) is 16.5. The molecule has 0 saturated carbocycles. The Morgan fingerprint density at radius 2 is 1.59 bits per heavy atom. The molecule has 3 aromatic rings. The summed E-state index contributed by atoms with van der Waals surface area (Å²) in [6.45, 7) is 0.828. The minimum absolute atomic E-state index is 0.136. The van der Waals surface area contributed by atoms with Gasteiger partial charge in [-0.15, -0.1) is 0 Å². The summed E-state index contributed by atoms with van der Waals surface area (Å²) in [5.74, 6) is 0.769. The summed E-state index contributed by atoms with van der Waals surface area (Å²) in [4.78, 5) is 18.6. The van der Waals surface area contributed by atoms with Crippen LogP contribution in [0.2, 0.25) is 0 Å². The number of carbonyl (C=O) groups is 1. The van der Waals surface area contributed by atoms with Gasteiger partial charge in [0, 0.05) is 18.0 Å². The van der Waals surface area contributed by atoms with Crippen molar-refractivity contribution in [2.75, 3.05) is 20.6 Å². The standard InChI is InChI=1S/C23H24FN3O2/c1-27(2)16-13-22(26-23(28)18-11-14-25-15-12-18)17-3-7-20(8-4-17)29-21-9-5-19(24)6-10-21/h3-12,14-15,22H,13,16H2,1-2H3,(H,26,28). The molecule has 0 saturated heterocycles. The summed E-state index contributed by atoms with van der Waals surface area (Å²) in [5.41, 5.74) is 1.56. The van der Waals surface area contributed by atoms with Gasteiger partial charge in [0.15, 0.2) is 0 Å². The van der Waals surface area contributed by atoms with Crippen molar-refractivity contribution in [2.24, 2.45) is 0 Å². The monoisotopic (exact) mass is 393 g/mol. The number of aromatic nitrogens is 1. The first-order chi connectivity index (χ1) is 14.0. The highest BCUT2D eigenvalue weighted by molar-refractivity contribution is 5.94. The summed E-state index contributed by atoms with van der Waals surface area (Å²) in [5, 5.41) is 3.10. The van der Waals surface area contributed by atoms with E-state index in [1.165, 1.54) is 12.1 Å². The van der Waals surface area contributed by atoms with Crippen molar-refractivity contribution >= 4 is 5.91 Å². The molecule has 0 spiro atoms. The van der Waals surface area contributed by atoms with Gasteiger partial charge in [0.25, 0.3) is 5.91 Å². The van der Waals surface area contributed by atoms with Crippen molar-refractivity contribution in [3.05, 3.63) is 90.0 Å². The number of halogens is 1. The van der Waals surface area contributed by atoms with E-state index in [1.807, 2.05) is 38.4 Å². The molecule has 1 amide bonds. The van der Waals surface area contributed by atoms with Gasteiger partial charge < -0.3 is 15.0 Å². The van der Waals surface area contributed by atoms with Gasteiger partial charge in [-0.25, -0.2) is 4.39 Å². The molecule has 0 aliphatic carbocycles. The number of benzene rings is 2. The van der Waals surface area contributed by atoms with Gasteiger partial charge in [-0.05, 0) is 81.2 Å². The van der Waals surface area contributed by atoms with Crippen molar-refractivity contribution in [1.29, 1.82) is 0 Å². The number of pyridine rings is 1. The Morgan fingerprint density at radius 1 is 1.00 bits per heavy atom. The smallest absolute Gasteiger partial charge is 0.251 e. The summed E-state index contributed by atoms with van der Waals surface area (Å²) >= 11 is 0. The molecule has 6 heteroatoms. The molecule has 150 valence electrons. The van der Waals surface area contributed by atoms with Crippen LogP contribution in [0.1, 0.15) is 28.4 Å². The predicted octanol–water partition coefficient (Wildman–Crippen LogP) is 4.44. The molecule has 1 aromatic heterocycles. The van der Waals surface area contributed by atoms with E-state index >= 15 is 0 Å². The fourth-order valence-electron chi connectivity index (χ4n) is 2.86. The third kappa shape index (κ3) is 6.12. The first kappa shape index (κ1) is 20.5. The molecule has 2 aromatic carbocycles. The highest BCUT2D eigenvalue weighted by Crippen LogP contribution is 2.25. The largest absolute Gasteiger partial charge is 0.457 e. The molecular formula is C23H24FN3O2. The molecular weight excluding hydrogens is 369 g/mol. The molecule has 1 atom stereocenters. The molecule has 3 rings (SSSR count). The van der Waals surface area contributed by atoms with Crippen molar-refractivity contribution in [1.82, 2.24) is 15.2 Å². The van der Waals surface area contributed by atoms with Gasteiger partial charge in [0.1, 0.15) is 17.3 Å². The molecule has 0 radical (unpaired) electrons. The van der Waals surface area contributed by atoms with E-state index in [2.05, 4.69) is 15.2 Å². The Balaban J connectivity index is 1.72. The average molecular weight is 393 g/mol. The molecule has 0 aliphatic rings. The van der Waals surface area contributed by atoms with Crippen LogP contribution in [-0.2, 0) is 0 Å². The summed E-state index contributed by atoms with van der Waals surface area (Å²) in [6.07, 6.45) is 3.97. The lowest BCUT2D eigenvalue weighted by Gasteiger charge is -2.21. The first-order valence-electron chi connectivity index (χ1n) is 9.40. The summed E-state index contributed by atoms with van der Waals surface area (Å²) < 4.78 is 18.8. The maximum atomic E-state index is 13.0. The third-order valence-electron chi connectivity index (χ3n) is 4.44. The van der Waals surface area contributed by atoms with Crippen LogP contribution < -0.4 is 10.1 Å². The Kier molecular flexibility index (Phi) is 6.92. The Hall–Kier alpha value is -3.25. The van der Waals surface area contributed by atoms with Gasteiger partial charge in [-0.1, -0.05) is 12.1 Å². The topological polar surface area (TPSA) is 54.5 Å². The zero-order valence-electron chi connectivity index (χ0n) is 16.5. The Morgan fingerprint density at radius 3 is 2.17 bits per heavy atom. The molecule has 29 heavy (non-hydrogen) atoms. The van der Waals surface area contributed by atoms with Gasteiger partial charge in [-0.3, -0.25) is 9.78 Å². The van der Waals surface area contributed by atoms with Gasteiger partial charge in [0.2, 0.25) is 0 Å². The summed E-state index contributed by atoms with van der Waals surface area (Å²) in [7, 11) is 4.00. The number of nitrogens with one attached hydrogen (secondary N) is 1. The maximum absolute atomic E-state index is 13.0. The van der Waals surface area contributed by atoms with Crippen LogP contribution >= 0.6 is 0 Å². The second-order valence-electron chi connectivity index (χ2n) is 6.98. The van der Waals surface area contributed by atoms with Crippen LogP contribution in [0.4, 0.5) is 4.39 Å². The van der Waals surface area contributed by atoms with E-state index < -0.39 is 0 Å². The van der Waals surface area contributed by atoms with E-state index in [4.69, 9.17) is 4.74 Å². The highest BCUT2D eigenvalue weighted by Gasteiger charge is 2.16. The number of carbonyl (C=O) groups excluding carboxylic acids is 1. The minimum atomic E-state index is -0.304. The quantitative estimate of drug-likeness (QED) is 0.615. The third-order valence-corrected chi connectivity index (χ3v) is 4.44. The molecule has 1 heterocycles. The average Bonchev–Trinajstić information content (AvgIpc) is 2.74. The molecule has 0 fully saturated rings. The van der Waals surface area contributed by atoms with Gasteiger partial charge >= 0.3 is 0 Å². The van der Waals surface area contributed by atoms with Crippen LogP contribution in [0.5, 0.6) is 11.5 Å². The van der Waals surface area contributed by atoms with Crippen LogP contribution in [0.3, 0.4) is 0 Å². The van der Waals surface area contributed by atoms with Crippen molar-refractivity contribution in [3.63, 3.8) is 0 Å². The molecule has 5 nitrogen and oxygen atoms in total. The SMILES string of the molecule is CN(C)CCC(NC(=O)c1ccncc1)c1ccc(Oc2ccc(F)cc2)cc1. The van der Waals surface area contributed by atoms with Gasteiger partial charge in [-0.2, -0.15) is 0 Å². The molecule has 0 aliphatic heterocycles. The zero-order chi connectivity index (χ0) is 20.6. The number of hydrogen-bond donors (Lipinski definition) is 1. The van der Waals surface area contributed by atoms with Gasteiger partial charge in [0.05, 0.1) is 6.04 Å². The Labute approximate surface area is 170 Å². The molecule has 0 bridgehead atoms. The second kappa shape index (κ2) is 9.80. The normalized spacial score (nSPS) is 11.9. The van der Waals surface area contributed by atoms with Crippen molar-refractivity contribution < 1.29 is 13.9 Å². The summed E-state index contributed by atoms with van der Waals surface area (Å²) in [6, 6.07) is 16.7. The van der Waals surface area contributed by atoms with E-state index in [0.29, 0.717) is 17.1 Å². The fourth-order valence-corrected chi connectivity index (χ4v) is 2.86. The minimum Gasteiger partial charge on any atom is -0.457 e. The van der Waals surface area contributed by atoms with Crippen LogP contribution in [0, 0.1) is 5.82 Å². The van der Waals surface area contributed by atoms with E-state index in [1.54, 1.807) is 36.7 Å². The first-order valence-corrected chi connectivity index (χ1v) is 9.40. The van der Waals surface area contributed by atoms with Crippen molar-refractivity contribution in [3.8, 4) is 11.5 Å². The number of amides is 1. The second-order valence-corrected chi connectivity index (χ2v) is 6.98. The van der Waals surface area contributed by atoms with Crippen LogP contribution in [0.15, 0.2) is 73.1 Å². The highest BCUT2D eigenvalue weighted by atomic mass is 19.1. The molecule has 1 unspecified atom stereocenters. The Bertz CT molecular complexity index is 913. The molecule has 1 N–H and O–H groups in total. The van der Waals surface area contributed by atoms with Crippen molar-refractivity contribution in [2.45, 2.75) is 12.5 Å².